The quantitative estimate of drug-likeness (QED) is 0.181. The lowest BCUT2D eigenvalue weighted by molar-refractivity contribution is 0.346. The van der Waals surface area contributed by atoms with Crippen molar-refractivity contribution in [2.24, 2.45) is 0 Å². The highest BCUT2D eigenvalue weighted by atomic mass is 14.9. The lowest BCUT2D eigenvalue weighted by Gasteiger charge is -2.39. The van der Waals surface area contributed by atoms with Crippen molar-refractivity contribution < 1.29 is 0 Å². The molecule has 0 aliphatic heterocycles. The molecule has 1 fully saturated rings. The van der Waals surface area contributed by atoms with E-state index in [1.54, 1.807) is 0 Å². The molecular weight excluding hydrogens is 609 g/mol. The van der Waals surface area contributed by atoms with Gasteiger partial charge in [-0.15, -0.1) is 0 Å². The highest BCUT2D eigenvalue weighted by Crippen LogP contribution is 2.46. The van der Waals surface area contributed by atoms with Crippen LogP contribution in [-0.2, 0) is 5.41 Å². The Balaban J connectivity index is 1.08. The van der Waals surface area contributed by atoms with Gasteiger partial charge in [-0.1, -0.05) is 165 Å². The van der Waals surface area contributed by atoms with Crippen LogP contribution in [0.1, 0.15) is 43.2 Å². The third-order valence-corrected chi connectivity index (χ3v) is 10.4. The molecule has 8 aromatic rings. The van der Waals surface area contributed by atoms with E-state index >= 15 is 0 Å². The molecule has 2 heterocycles. The van der Waals surface area contributed by atoms with Gasteiger partial charge in [-0.25, -0.2) is 19.9 Å². The second-order valence-corrected chi connectivity index (χ2v) is 13.4. The molecule has 4 nitrogen and oxygen atoms in total. The normalized spacial score (nSPS) is 14.2. The van der Waals surface area contributed by atoms with E-state index in [1.165, 1.54) is 30.4 Å². The van der Waals surface area contributed by atoms with Gasteiger partial charge in [0.15, 0.2) is 11.6 Å². The summed E-state index contributed by atoms with van der Waals surface area (Å²) in [5.41, 5.74) is 10.7. The Morgan fingerprint density at radius 2 is 0.740 bits per heavy atom. The summed E-state index contributed by atoms with van der Waals surface area (Å²) < 4.78 is 0. The second-order valence-electron chi connectivity index (χ2n) is 13.4. The predicted octanol–water partition coefficient (Wildman–Crippen LogP) is 11.5. The molecule has 1 saturated carbocycles. The number of fused-ring (bicyclic) bond motifs is 2. The van der Waals surface area contributed by atoms with Crippen LogP contribution in [0.2, 0.25) is 0 Å². The van der Waals surface area contributed by atoms with Crippen molar-refractivity contribution in [3.05, 3.63) is 169 Å². The monoisotopic (exact) mass is 644 g/mol. The van der Waals surface area contributed by atoms with Crippen LogP contribution in [0.5, 0.6) is 0 Å². The molecule has 0 bridgehead atoms. The molecular formula is C46H36N4. The average molecular weight is 645 g/mol. The number of rotatable bonds is 6. The first-order valence-electron chi connectivity index (χ1n) is 17.6. The van der Waals surface area contributed by atoms with Gasteiger partial charge in [0, 0.05) is 38.4 Å². The van der Waals surface area contributed by atoms with Crippen molar-refractivity contribution in [1.82, 2.24) is 19.9 Å². The fourth-order valence-corrected chi connectivity index (χ4v) is 7.82. The summed E-state index contributed by atoms with van der Waals surface area (Å²) in [6.07, 6.45) is 5.96. The molecule has 0 radical (unpaired) electrons. The van der Waals surface area contributed by atoms with Gasteiger partial charge < -0.3 is 0 Å². The van der Waals surface area contributed by atoms with Gasteiger partial charge in [0.05, 0.1) is 22.4 Å². The molecule has 2 aromatic heterocycles. The lowest BCUT2D eigenvalue weighted by Crippen LogP contribution is -2.30. The Labute approximate surface area is 292 Å². The standard InChI is InChI=1S/C46H36N4/c1-4-14-32(15-5-1)42-38-18-8-10-20-40(38)47-44(49-42)34-22-26-36(27-23-34)46(30-12-3-13-31-46)37-28-24-35(25-29-37)45-48-41-21-11-9-19-39(41)43(50-45)33-16-6-2-7-17-33/h1-2,4-11,14-29H,3,12-13,30-31H2. The highest BCUT2D eigenvalue weighted by molar-refractivity contribution is 5.94. The summed E-state index contributed by atoms with van der Waals surface area (Å²) in [5, 5.41) is 2.13. The predicted molar refractivity (Wildman–Crippen MR) is 205 cm³/mol. The van der Waals surface area contributed by atoms with Crippen LogP contribution in [0.25, 0.3) is 67.1 Å². The molecule has 0 unspecified atom stereocenters. The van der Waals surface area contributed by atoms with Gasteiger partial charge in [0.25, 0.3) is 0 Å². The Hall–Kier alpha value is -6.00. The molecule has 0 amide bonds. The van der Waals surface area contributed by atoms with E-state index < -0.39 is 0 Å². The zero-order valence-corrected chi connectivity index (χ0v) is 27.8. The van der Waals surface area contributed by atoms with Crippen molar-refractivity contribution in [2.45, 2.75) is 37.5 Å². The topological polar surface area (TPSA) is 51.6 Å². The molecule has 9 rings (SSSR count). The second kappa shape index (κ2) is 12.8. The Kier molecular flexibility index (Phi) is 7.70. The van der Waals surface area contributed by atoms with E-state index in [-0.39, 0.29) is 5.41 Å². The number of aromatic nitrogens is 4. The zero-order chi connectivity index (χ0) is 33.3. The summed E-state index contributed by atoms with van der Waals surface area (Å²) in [6.45, 7) is 0. The average Bonchev–Trinajstić information content (AvgIpc) is 3.21. The smallest absolute Gasteiger partial charge is 0.160 e. The number of hydrogen-bond donors (Lipinski definition) is 0. The van der Waals surface area contributed by atoms with Gasteiger partial charge in [-0.05, 0) is 36.1 Å². The van der Waals surface area contributed by atoms with Gasteiger partial charge in [0.2, 0.25) is 0 Å². The van der Waals surface area contributed by atoms with Crippen LogP contribution in [0.15, 0.2) is 158 Å². The van der Waals surface area contributed by atoms with Crippen LogP contribution in [0.4, 0.5) is 0 Å². The summed E-state index contributed by atoms with van der Waals surface area (Å²) in [7, 11) is 0. The minimum absolute atomic E-state index is 0.0474. The maximum absolute atomic E-state index is 5.12. The van der Waals surface area contributed by atoms with E-state index in [2.05, 4.69) is 133 Å². The fraction of sp³-hybridized carbons (Fsp3) is 0.130. The van der Waals surface area contributed by atoms with E-state index in [0.29, 0.717) is 0 Å². The summed E-state index contributed by atoms with van der Waals surface area (Å²) in [6, 6.07) is 55.5. The molecule has 1 aliphatic rings. The van der Waals surface area contributed by atoms with Crippen LogP contribution >= 0.6 is 0 Å². The van der Waals surface area contributed by atoms with Crippen molar-refractivity contribution in [3.63, 3.8) is 0 Å². The Morgan fingerprint density at radius 3 is 1.18 bits per heavy atom. The van der Waals surface area contributed by atoms with Crippen molar-refractivity contribution in [2.75, 3.05) is 0 Å². The highest BCUT2D eigenvalue weighted by Gasteiger charge is 2.35. The van der Waals surface area contributed by atoms with E-state index in [4.69, 9.17) is 19.9 Å². The first-order valence-corrected chi connectivity index (χ1v) is 17.6. The number of nitrogens with zero attached hydrogens (tertiary/aromatic N) is 4. The molecule has 0 saturated heterocycles. The first kappa shape index (κ1) is 30.1. The molecule has 0 atom stereocenters. The molecule has 0 spiro atoms. The zero-order valence-electron chi connectivity index (χ0n) is 27.8. The van der Waals surface area contributed by atoms with Crippen LogP contribution in [-0.4, -0.2) is 19.9 Å². The first-order chi connectivity index (χ1) is 24.7. The summed E-state index contributed by atoms with van der Waals surface area (Å²) in [5.74, 6) is 1.50. The largest absolute Gasteiger partial charge is 0.228 e. The van der Waals surface area contributed by atoms with E-state index in [0.717, 1.165) is 79.9 Å². The molecule has 240 valence electrons. The Bertz CT molecular complexity index is 2260. The molecule has 6 aromatic carbocycles. The Morgan fingerprint density at radius 1 is 0.340 bits per heavy atom. The minimum Gasteiger partial charge on any atom is -0.228 e. The summed E-state index contributed by atoms with van der Waals surface area (Å²) >= 11 is 0. The molecule has 0 N–H and O–H groups in total. The van der Waals surface area contributed by atoms with Crippen LogP contribution < -0.4 is 0 Å². The van der Waals surface area contributed by atoms with Gasteiger partial charge >= 0.3 is 0 Å². The minimum atomic E-state index is -0.0474. The third-order valence-electron chi connectivity index (χ3n) is 10.4. The maximum atomic E-state index is 5.12. The van der Waals surface area contributed by atoms with E-state index in [1.807, 2.05) is 24.3 Å². The third kappa shape index (κ3) is 5.43. The molecule has 50 heavy (non-hydrogen) atoms. The van der Waals surface area contributed by atoms with Crippen LogP contribution in [0, 0.1) is 0 Å². The van der Waals surface area contributed by atoms with Crippen molar-refractivity contribution in [1.29, 1.82) is 0 Å². The van der Waals surface area contributed by atoms with Crippen molar-refractivity contribution in [3.8, 4) is 45.3 Å². The number of benzene rings is 6. The fourth-order valence-electron chi connectivity index (χ4n) is 7.82. The molecule has 1 aliphatic carbocycles. The summed E-state index contributed by atoms with van der Waals surface area (Å²) in [4.78, 5) is 20.3. The van der Waals surface area contributed by atoms with Gasteiger partial charge in [-0.2, -0.15) is 0 Å². The SMILES string of the molecule is c1ccc(-c2nc(-c3ccc(C4(c5ccc(-c6nc(-c7ccccc7)c7ccccc7n6)cc5)CCCCC4)cc3)nc3ccccc23)cc1. The molecule has 4 heteroatoms. The lowest BCUT2D eigenvalue weighted by atomic mass is 9.65. The van der Waals surface area contributed by atoms with Crippen molar-refractivity contribution >= 4 is 21.8 Å². The van der Waals surface area contributed by atoms with Gasteiger partial charge in [-0.3, -0.25) is 0 Å². The number of hydrogen-bond acceptors (Lipinski definition) is 4. The van der Waals surface area contributed by atoms with Gasteiger partial charge in [0.1, 0.15) is 0 Å². The van der Waals surface area contributed by atoms with Crippen LogP contribution in [0.3, 0.4) is 0 Å². The number of para-hydroxylation sites is 2. The maximum Gasteiger partial charge on any atom is 0.160 e. The van der Waals surface area contributed by atoms with E-state index in [9.17, 15) is 0 Å².